The second-order valence-corrected chi connectivity index (χ2v) is 9.19. The Kier molecular flexibility index (Phi) is 7.17. The largest absolute Gasteiger partial charge is 0.495 e. The van der Waals surface area contributed by atoms with Gasteiger partial charge >= 0.3 is 0 Å². The molecule has 8 nitrogen and oxygen atoms in total. The maximum atomic E-state index is 13.0. The van der Waals surface area contributed by atoms with Gasteiger partial charge in [-0.3, -0.25) is 14.3 Å². The molecule has 2 aromatic carbocycles. The van der Waals surface area contributed by atoms with Crippen molar-refractivity contribution in [3.05, 3.63) is 48.0 Å². The Balaban J connectivity index is 1.85. The molecule has 0 bridgehead atoms. The minimum atomic E-state index is -4.02. The van der Waals surface area contributed by atoms with E-state index < -0.39 is 10.0 Å². The predicted molar refractivity (Wildman–Crippen MR) is 119 cm³/mol. The SMILES string of the molecule is COc1ccc(S(=O)(=O)Nc2ccccc2C(=O)NC2CCCCC2)cc1NC(C)=O. The average molecular weight is 446 g/mol. The number of benzene rings is 2. The summed E-state index contributed by atoms with van der Waals surface area (Å²) >= 11 is 0. The van der Waals surface area contributed by atoms with Crippen molar-refractivity contribution in [1.82, 2.24) is 5.32 Å². The summed E-state index contributed by atoms with van der Waals surface area (Å²) in [5.74, 6) is -0.328. The molecule has 2 amide bonds. The molecule has 1 saturated carbocycles. The highest BCUT2D eigenvalue weighted by atomic mass is 32.2. The topological polar surface area (TPSA) is 114 Å². The number of amides is 2. The molecule has 3 N–H and O–H groups in total. The van der Waals surface area contributed by atoms with Crippen LogP contribution in [0.1, 0.15) is 49.4 Å². The van der Waals surface area contributed by atoms with Gasteiger partial charge in [-0.15, -0.1) is 0 Å². The zero-order valence-electron chi connectivity index (χ0n) is 17.6. The Morgan fingerprint density at radius 2 is 1.71 bits per heavy atom. The van der Waals surface area contributed by atoms with Gasteiger partial charge in [-0.05, 0) is 43.2 Å². The monoisotopic (exact) mass is 445 g/mol. The van der Waals surface area contributed by atoms with Gasteiger partial charge in [0.15, 0.2) is 0 Å². The number of carbonyl (C=O) groups excluding carboxylic acids is 2. The second kappa shape index (κ2) is 9.82. The third-order valence-corrected chi connectivity index (χ3v) is 6.51. The molecule has 1 aliphatic rings. The summed E-state index contributed by atoms with van der Waals surface area (Å²) in [6.07, 6.45) is 5.18. The fraction of sp³-hybridized carbons (Fsp3) is 0.364. The quantitative estimate of drug-likeness (QED) is 0.603. The molecule has 2 aromatic rings. The fourth-order valence-electron chi connectivity index (χ4n) is 3.63. The van der Waals surface area contributed by atoms with E-state index in [1.54, 1.807) is 24.3 Å². The van der Waals surface area contributed by atoms with Crippen LogP contribution in [0, 0.1) is 0 Å². The lowest BCUT2D eigenvalue weighted by Gasteiger charge is -2.23. The van der Waals surface area contributed by atoms with Crippen molar-refractivity contribution < 1.29 is 22.7 Å². The minimum Gasteiger partial charge on any atom is -0.495 e. The van der Waals surface area contributed by atoms with E-state index in [-0.39, 0.29) is 39.7 Å². The van der Waals surface area contributed by atoms with E-state index in [4.69, 9.17) is 4.74 Å². The molecule has 0 aliphatic heterocycles. The van der Waals surface area contributed by atoms with Crippen LogP contribution < -0.4 is 20.1 Å². The van der Waals surface area contributed by atoms with Gasteiger partial charge < -0.3 is 15.4 Å². The standard InChI is InChI=1S/C22H27N3O5S/c1-15(26)23-20-14-17(12-13-21(20)30-2)31(28,29)25-19-11-7-6-10-18(19)22(27)24-16-8-4-3-5-9-16/h6-7,10-14,16,25H,3-5,8-9H2,1-2H3,(H,23,26)(H,24,27). The molecule has 0 spiro atoms. The van der Waals surface area contributed by atoms with Crippen molar-refractivity contribution in [2.24, 2.45) is 0 Å². The summed E-state index contributed by atoms with van der Waals surface area (Å²) in [7, 11) is -2.60. The Morgan fingerprint density at radius 1 is 1.00 bits per heavy atom. The molecule has 0 atom stereocenters. The summed E-state index contributed by atoms with van der Waals surface area (Å²) in [6.45, 7) is 1.32. The van der Waals surface area contributed by atoms with E-state index in [1.165, 1.54) is 38.7 Å². The number of para-hydroxylation sites is 1. The third-order valence-electron chi connectivity index (χ3n) is 5.15. The van der Waals surface area contributed by atoms with Crippen molar-refractivity contribution in [1.29, 1.82) is 0 Å². The molecule has 3 rings (SSSR count). The predicted octanol–water partition coefficient (Wildman–Crippen LogP) is 3.52. The highest BCUT2D eigenvalue weighted by Crippen LogP contribution is 2.29. The van der Waals surface area contributed by atoms with Gasteiger partial charge in [-0.1, -0.05) is 31.4 Å². The van der Waals surface area contributed by atoms with E-state index in [1.807, 2.05) is 0 Å². The summed E-state index contributed by atoms with van der Waals surface area (Å²) in [4.78, 5) is 24.2. The smallest absolute Gasteiger partial charge is 0.261 e. The lowest BCUT2D eigenvalue weighted by Crippen LogP contribution is -2.36. The van der Waals surface area contributed by atoms with Crippen molar-refractivity contribution in [2.45, 2.75) is 50.0 Å². The second-order valence-electron chi connectivity index (χ2n) is 7.50. The first-order valence-electron chi connectivity index (χ1n) is 10.2. The summed E-state index contributed by atoms with van der Waals surface area (Å²) in [5, 5.41) is 5.56. The number of nitrogens with one attached hydrogen (secondary N) is 3. The lowest BCUT2D eigenvalue weighted by molar-refractivity contribution is -0.114. The number of sulfonamides is 1. The van der Waals surface area contributed by atoms with Gasteiger partial charge in [0.2, 0.25) is 5.91 Å². The van der Waals surface area contributed by atoms with Crippen molar-refractivity contribution in [2.75, 3.05) is 17.1 Å². The van der Waals surface area contributed by atoms with Crippen LogP contribution in [0.25, 0.3) is 0 Å². The van der Waals surface area contributed by atoms with Crippen LogP contribution in [0.15, 0.2) is 47.4 Å². The lowest BCUT2D eigenvalue weighted by atomic mass is 9.95. The van der Waals surface area contributed by atoms with E-state index in [9.17, 15) is 18.0 Å². The van der Waals surface area contributed by atoms with E-state index in [0.29, 0.717) is 5.75 Å². The normalized spacial score (nSPS) is 14.5. The van der Waals surface area contributed by atoms with Gasteiger partial charge in [-0.25, -0.2) is 8.42 Å². The molecule has 0 radical (unpaired) electrons. The third kappa shape index (κ3) is 5.75. The maximum absolute atomic E-state index is 13.0. The van der Waals surface area contributed by atoms with Gasteiger partial charge in [0.1, 0.15) is 5.75 Å². The molecule has 31 heavy (non-hydrogen) atoms. The highest BCUT2D eigenvalue weighted by Gasteiger charge is 2.22. The molecule has 0 saturated heterocycles. The zero-order valence-corrected chi connectivity index (χ0v) is 18.4. The Labute approximate surface area is 182 Å². The van der Waals surface area contributed by atoms with Crippen LogP contribution in [0.4, 0.5) is 11.4 Å². The number of hydrogen-bond acceptors (Lipinski definition) is 5. The van der Waals surface area contributed by atoms with E-state index in [0.717, 1.165) is 25.7 Å². The summed E-state index contributed by atoms with van der Waals surface area (Å²) in [6, 6.07) is 10.7. The number of rotatable bonds is 7. The first-order chi connectivity index (χ1) is 14.8. The molecule has 166 valence electrons. The molecular weight excluding hydrogens is 418 g/mol. The van der Waals surface area contributed by atoms with Crippen LogP contribution in [-0.2, 0) is 14.8 Å². The van der Waals surface area contributed by atoms with Gasteiger partial charge in [0, 0.05) is 13.0 Å². The fourth-order valence-corrected chi connectivity index (χ4v) is 4.73. The minimum absolute atomic E-state index is 0.0699. The maximum Gasteiger partial charge on any atom is 0.261 e. The van der Waals surface area contributed by atoms with Gasteiger partial charge in [0.25, 0.3) is 15.9 Å². The number of methoxy groups -OCH3 is 1. The number of anilines is 2. The van der Waals surface area contributed by atoms with Gasteiger partial charge in [0.05, 0.1) is 28.9 Å². The van der Waals surface area contributed by atoms with Crippen LogP contribution in [-0.4, -0.2) is 33.4 Å². The number of carbonyl (C=O) groups is 2. The Hall–Kier alpha value is -3.07. The number of ether oxygens (including phenoxy) is 1. The number of hydrogen-bond donors (Lipinski definition) is 3. The molecule has 0 unspecified atom stereocenters. The highest BCUT2D eigenvalue weighted by molar-refractivity contribution is 7.92. The summed E-state index contributed by atoms with van der Waals surface area (Å²) in [5.41, 5.74) is 0.682. The molecule has 9 heteroatoms. The summed E-state index contributed by atoms with van der Waals surface area (Å²) < 4.78 is 33.7. The van der Waals surface area contributed by atoms with Crippen molar-refractivity contribution >= 4 is 33.2 Å². The van der Waals surface area contributed by atoms with E-state index in [2.05, 4.69) is 15.4 Å². The Bertz CT molecular complexity index is 1060. The Morgan fingerprint density at radius 3 is 2.39 bits per heavy atom. The van der Waals surface area contributed by atoms with Crippen molar-refractivity contribution in [3.63, 3.8) is 0 Å². The van der Waals surface area contributed by atoms with Crippen molar-refractivity contribution in [3.8, 4) is 5.75 Å². The zero-order chi connectivity index (χ0) is 22.4. The van der Waals surface area contributed by atoms with Crippen LogP contribution in [0.2, 0.25) is 0 Å². The van der Waals surface area contributed by atoms with Gasteiger partial charge in [-0.2, -0.15) is 0 Å². The van der Waals surface area contributed by atoms with Crippen LogP contribution >= 0.6 is 0 Å². The average Bonchev–Trinajstić information content (AvgIpc) is 2.74. The molecule has 1 fully saturated rings. The van der Waals surface area contributed by atoms with Crippen LogP contribution in [0.3, 0.4) is 0 Å². The molecular formula is C22H27N3O5S. The molecule has 1 aliphatic carbocycles. The first kappa shape index (κ1) is 22.6. The van der Waals surface area contributed by atoms with Crippen LogP contribution in [0.5, 0.6) is 5.75 Å². The molecule has 0 aromatic heterocycles. The molecule has 0 heterocycles. The first-order valence-corrected chi connectivity index (χ1v) is 11.7. The van der Waals surface area contributed by atoms with E-state index >= 15 is 0 Å².